The van der Waals surface area contributed by atoms with Crippen LogP contribution in [0.15, 0.2) is 18.2 Å². The Balaban J connectivity index is 1.68. The van der Waals surface area contributed by atoms with E-state index in [-0.39, 0.29) is 18.4 Å². The molecule has 1 aromatic rings. The quantitative estimate of drug-likeness (QED) is 0.683. The molecule has 29 heavy (non-hydrogen) atoms. The number of hydrogen-bond acceptors (Lipinski definition) is 5. The number of carbonyl (C=O) groups excluding carboxylic acids is 3. The molecule has 2 atom stereocenters. The van der Waals surface area contributed by atoms with Crippen molar-refractivity contribution in [2.75, 3.05) is 25.1 Å². The highest BCUT2D eigenvalue weighted by atomic mass is 16.5. The first-order valence-corrected chi connectivity index (χ1v) is 10.2. The second-order valence-electron chi connectivity index (χ2n) is 7.52. The lowest BCUT2D eigenvalue weighted by molar-refractivity contribution is -0.136. The maximum absolute atomic E-state index is 13.0. The number of hydrogen-bond donors (Lipinski definition) is 2. The summed E-state index contributed by atoms with van der Waals surface area (Å²) < 4.78 is 11.1. The molecule has 1 saturated carbocycles. The number of rotatable bonds is 7. The van der Waals surface area contributed by atoms with E-state index in [1.165, 1.54) is 0 Å². The van der Waals surface area contributed by atoms with Crippen molar-refractivity contribution in [3.63, 3.8) is 0 Å². The summed E-state index contributed by atoms with van der Waals surface area (Å²) in [6, 6.07) is 4.59. The normalized spacial score (nSPS) is 23.8. The molecule has 4 amide bonds. The van der Waals surface area contributed by atoms with Crippen molar-refractivity contribution >= 4 is 23.5 Å². The number of nitrogens with one attached hydrogen (secondary N) is 2. The summed E-state index contributed by atoms with van der Waals surface area (Å²) in [6.45, 7) is 6.36. The number of urea groups is 1. The summed E-state index contributed by atoms with van der Waals surface area (Å²) in [7, 11) is 0. The number of imide groups is 1. The van der Waals surface area contributed by atoms with Gasteiger partial charge in [0.05, 0.1) is 13.2 Å². The minimum Gasteiger partial charge on any atom is -0.490 e. The van der Waals surface area contributed by atoms with Crippen molar-refractivity contribution < 1.29 is 23.9 Å². The molecule has 0 radical (unpaired) electrons. The van der Waals surface area contributed by atoms with E-state index in [1.54, 1.807) is 18.2 Å². The third kappa shape index (κ3) is 4.16. The van der Waals surface area contributed by atoms with Gasteiger partial charge in [0.15, 0.2) is 11.5 Å². The zero-order chi connectivity index (χ0) is 21.0. The fourth-order valence-electron chi connectivity index (χ4n) is 4.11. The second-order valence-corrected chi connectivity index (χ2v) is 7.52. The Bertz CT molecular complexity index is 797. The van der Waals surface area contributed by atoms with Crippen LogP contribution in [-0.4, -0.2) is 48.0 Å². The molecule has 3 rings (SSSR count). The van der Waals surface area contributed by atoms with Crippen molar-refractivity contribution in [3.05, 3.63) is 18.2 Å². The molecule has 2 fully saturated rings. The Hall–Kier alpha value is -2.77. The first kappa shape index (κ1) is 21.0. The monoisotopic (exact) mass is 403 g/mol. The van der Waals surface area contributed by atoms with Gasteiger partial charge in [-0.3, -0.25) is 14.5 Å². The topological polar surface area (TPSA) is 97.0 Å². The fourth-order valence-corrected chi connectivity index (χ4v) is 4.11. The molecule has 1 aromatic carbocycles. The summed E-state index contributed by atoms with van der Waals surface area (Å²) in [5, 5.41) is 5.59. The molecular weight excluding hydrogens is 374 g/mol. The largest absolute Gasteiger partial charge is 0.490 e. The molecule has 0 aromatic heterocycles. The van der Waals surface area contributed by atoms with Gasteiger partial charge < -0.3 is 20.1 Å². The van der Waals surface area contributed by atoms with Gasteiger partial charge in [-0.1, -0.05) is 19.8 Å². The van der Waals surface area contributed by atoms with E-state index in [2.05, 4.69) is 10.6 Å². The zero-order valence-electron chi connectivity index (χ0n) is 17.2. The van der Waals surface area contributed by atoms with E-state index in [1.807, 2.05) is 20.8 Å². The van der Waals surface area contributed by atoms with Crippen LogP contribution in [0.1, 0.15) is 46.5 Å². The molecule has 0 unspecified atom stereocenters. The maximum Gasteiger partial charge on any atom is 0.325 e. The smallest absolute Gasteiger partial charge is 0.325 e. The Morgan fingerprint density at radius 3 is 2.62 bits per heavy atom. The average molecular weight is 403 g/mol. The van der Waals surface area contributed by atoms with Gasteiger partial charge in [-0.05, 0) is 44.7 Å². The van der Waals surface area contributed by atoms with E-state index >= 15 is 0 Å². The number of benzene rings is 1. The van der Waals surface area contributed by atoms with Crippen LogP contribution in [0.2, 0.25) is 0 Å². The van der Waals surface area contributed by atoms with Crippen molar-refractivity contribution in [1.82, 2.24) is 10.2 Å². The number of amides is 4. The Morgan fingerprint density at radius 1 is 1.21 bits per heavy atom. The summed E-state index contributed by atoms with van der Waals surface area (Å²) in [4.78, 5) is 39.0. The van der Waals surface area contributed by atoms with Gasteiger partial charge in [0, 0.05) is 11.8 Å². The molecule has 1 spiro atoms. The second kappa shape index (κ2) is 8.71. The van der Waals surface area contributed by atoms with Crippen LogP contribution in [0.5, 0.6) is 11.5 Å². The predicted molar refractivity (Wildman–Crippen MR) is 108 cm³/mol. The van der Waals surface area contributed by atoms with Crippen LogP contribution in [0, 0.1) is 5.92 Å². The maximum atomic E-state index is 13.0. The van der Waals surface area contributed by atoms with Gasteiger partial charge in [0.1, 0.15) is 12.1 Å². The van der Waals surface area contributed by atoms with Crippen molar-refractivity contribution in [2.24, 2.45) is 5.92 Å². The summed E-state index contributed by atoms with van der Waals surface area (Å²) in [5.74, 6) is 0.430. The lowest BCUT2D eigenvalue weighted by Crippen LogP contribution is -2.54. The minimum absolute atomic E-state index is 0.0561. The first-order valence-electron chi connectivity index (χ1n) is 10.2. The molecule has 158 valence electrons. The average Bonchev–Trinajstić information content (AvgIpc) is 2.91. The first-order chi connectivity index (χ1) is 13.9. The molecule has 8 heteroatoms. The Morgan fingerprint density at radius 2 is 1.93 bits per heavy atom. The molecule has 2 N–H and O–H groups in total. The summed E-state index contributed by atoms with van der Waals surface area (Å²) in [6.07, 6.45) is 3.45. The van der Waals surface area contributed by atoms with Gasteiger partial charge in [-0.25, -0.2) is 4.79 Å². The number of nitrogens with zero attached hydrogens (tertiary/aromatic N) is 1. The van der Waals surface area contributed by atoms with Gasteiger partial charge in [0.25, 0.3) is 5.91 Å². The number of anilines is 1. The highest BCUT2D eigenvalue weighted by Gasteiger charge is 2.55. The molecule has 8 nitrogen and oxygen atoms in total. The Labute approximate surface area is 170 Å². The van der Waals surface area contributed by atoms with Gasteiger partial charge in [0.2, 0.25) is 5.91 Å². The van der Waals surface area contributed by atoms with Crippen LogP contribution in [-0.2, 0) is 9.59 Å². The lowest BCUT2D eigenvalue weighted by atomic mass is 9.73. The summed E-state index contributed by atoms with van der Waals surface area (Å²) >= 11 is 0. The zero-order valence-corrected chi connectivity index (χ0v) is 17.2. The van der Waals surface area contributed by atoms with Gasteiger partial charge >= 0.3 is 6.03 Å². The van der Waals surface area contributed by atoms with Gasteiger partial charge in [-0.2, -0.15) is 0 Å². The molecule has 1 saturated heterocycles. The minimum atomic E-state index is -0.864. The molecule has 2 aliphatic rings. The molecule has 1 aliphatic heterocycles. The number of ether oxygens (including phenoxy) is 2. The van der Waals surface area contributed by atoms with Crippen LogP contribution in [0.3, 0.4) is 0 Å². The predicted octanol–water partition coefficient (Wildman–Crippen LogP) is 2.92. The molecule has 0 bridgehead atoms. The van der Waals surface area contributed by atoms with Crippen LogP contribution >= 0.6 is 0 Å². The van der Waals surface area contributed by atoms with E-state index in [4.69, 9.17) is 9.47 Å². The molecular formula is C21H29N3O5. The third-order valence-electron chi connectivity index (χ3n) is 5.63. The van der Waals surface area contributed by atoms with Crippen LogP contribution < -0.4 is 20.1 Å². The van der Waals surface area contributed by atoms with E-state index < -0.39 is 17.5 Å². The lowest BCUT2D eigenvalue weighted by Gasteiger charge is -2.36. The highest BCUT2D eigenvalue weighted by molar-refractivity contribution is 6.10. The van der Waals surface area contributed by atoms with Crippen molar-refractivity contribution in [2.45, 2.75) is 52.0 Å². The Kier molecular flexibility index (Phi) is 6.30. The van der Waals surface area contributed by atoms with E-state index in [9.17, 15) is 14.4 Å². The van der Waals surface area contributed by atoms with E-state index in [0.29, 0.717) is 36.8 Å². The standard InChI is InChI=1S/C21H29N3O5/c1-4-28-16-10-9-15(12-17(16)29-5-2)22-18(25)13-24-19(26)21(23-20(24)27)11-7-6-8-14(21)3/h9-10,12,14H,4-8,11,13H2,1-3H3,(H,22,25)(H,23,27)/t14-,21+/m0/s1. The molecule has 1 heterocycles. The van der Waals surface area contributed by atoms with Crippen molar-refractivity contribution in [3.8, 4) is 11.5 Å². The molecule has 1 aliphatic carbocycles. The van der Waals surface area contributed by atoms with Crippen LogP contribution in [0.25, 0.3) is 0 Å². The van der Waals surface area contributed by atoms with Crippen LogP contribution in [0.4, 0.5) is 10.5 Å². The highest BCUT2D eigenvalue weighted by Crippen LogP contribution is 2.38. The SMILES string of the molecule is CCOc1ccc(NC(=O)CN2C(=O)N[C@@]3(CCCC[C@@H]3C)C2=O)cc1OCC. The summed E-state index contributed by atoms with van der Waals surface area (Å²) in [5.41, 5.74) is -0.355. The van der Waals surface area contributed by atoms with Gasteiger partial charge in [-0.15, -0.1) is 0 Å². The number of carbonyl (C=O) groups is 3. The van der Waals surface area contributed by atoms with E-state index in [0.717, 1.165) is 24.2 Å². The fraction of sp³-hybridized carbons (Fsp3) is 0.571. The van der Waals surface area contributed by atoms with Crippen molar-refractivity contribution in [1.29, 1.82) is 0 Å². The third-order valence-corrected chi connectivity index (χ3v) is 5.63.